The number of methoxy groups -OCH3 is 1. The number of imidazole rings is 1. The first-order valence-corrected chi connectivity index (χ1v) is 8.84. The quantitative estimate of drug-likeness (QED) is 0.763. The predicted molar refractivity (Wildman–Crippen MR) is 87.6 cm³/mol. The van der Waals surface area contributed by atoms with Crippen molar-refractivity contribution in [2.75, 3.05) is 14.2 Å². The van der Waals surface area contributed by atoms with Crippen molar-refractivity contribution in [3.8, 4) is 5.75 Å². The van der Waals surface area contributed by atoms with E-state index in [4.69, 9.17) is 16.3 Å². The standard InChI is InChI=1S/C13H15BrClN3O3S/c1-17-5-4-16-12(17)8-18(2)22(19,20)11-7-9(15)6-10(14)13(11)21-3/h4-7H,8H2,1-3H3. The molecule has 0 spiro atoms. The third-order valence-electron chi connectivity index (χ3n) is 3.15. The summed E-state index contributed by atoms with van der Waals surface area (Å²) in [7, 11) is 0.919. The lowest BCUT2D eigenvalue weighted by Crippen LogP contribution is -2.28. The summed E-state index contributed by atoms with van der Waals surface area (Å²) in [6.07, 6.45) is 3.37. The molecule has 0 saturated heterocycles. The number of hydrogen-bond donors (Lipinski definition) is 0. The van der Waals surface area contributed by atoms with E-state index >= 15 is 0 Å². The first kappa shape index (κ1) is 17.3. The Balaban J connectivity index is 2.44. The lowest BCUT2D eigenvalue weighted by Gasteiger charge is -2.19. The molecule has 22 heavy (non-hydrogen) atoms. The number of rotatable bonds is 5. The van der Waals surface area contributed by atoms with Crippen molar-refractivity contribution in [2.45, 2.75) is 11.4 Å². The summed E-state index contributed by atoms with van der Waals surface area (Å²) in [6.45, 7) is 0.138. The van der Waals surface area contributed by atoms with Crippen molar-refractivity contribution in [1.82, 2.24) is 13.9 Å². The molecule has 0 radical (unpaired) electrons. The molecule has 1 aromatic heterocycles. The van der Waals surface area contributed by atoms with Crippen LogP contribution in [0.15, 0.2) is 33.9 Å². The average molecular weight is 409 g/mol. The van der Waals surface area contributed by atoms with Crippen LogP contribution in [0.2, 0.25) is 5.02 Å². The van der Waals surface area contributed by atoms with E-state index in [9.17, 15) is 8.42 Å². The maximum absolute atomic E-state index is 12.8. The van der Waals surface area contributed by atoms with Gasteiger partial charge in [-0.25, -0.2) is 13.4 Å². The predicted octanol–water partition coefficient (Wildman–Crippen LogP) is 2.67. The van der Waals surface area contributed by atoms with Gasteiger partial charge in [-0.3, -0.25) is 0 Å². The van der Waals surface area contributed by atoms with Crippen LogP contribution in [-0.4, -0.2) is 36.4 Å². The molecule has 0 aliphatic carbocycles. The maximum Gasteiger partial charge on any atom is 0.247 e. The van der Waals surface area contributed by atoms with Crippen molar-refractivity contribution in [1.29, 1.82) is 0 Å². The normalized spacial score (nSPS) is 11.9. The second-order valence-corrected chi connectivity index (χ2v) is 7.94. The lowest BCUT2D eigenvalue weighted by molar-refractivity contribution is 0.394. The molecule has 6 nitrogen and oxygen atoms in total. The van der Waals surface area contributed by atoms with Crippen molar-refractivity contribution in [3.63, 3.8) is 0 Å². The molecule has 1 heterocycles. The van der Waals surface area contributed by atoms with Gasteiger partial charge >= 0.3 is 0 Å². The molecule has 9 heteroatoms. The average Bonchev–Trinajstić information content (AvgIpc) is 2.83. The van der Waals surface area contributed by atoms with Crippen LogP contribution in [0.4, 0.5) is 0 Å². The highest BCUT2D eigenvalue weighted by molar-refractivity contribution is 9.10. The Hall–Kier alpha value is -1.09. The van der Waals surface area contributed by atoms with Crippen LogP contribution in [0.25, 0.3) is 0 Å². The Morgan fingerprint density at radius 1 is 1.45 bits per heavy atom. The molecule has 0 amide bonds. The van der Waals surface area contributed by atoms with E-state index in [0.717, 1.165) is 0 Å². The number of benzene rings is 1. The highest BCUT2D eigenvalue weighted by Crippen LogP contribution is 2.36. The first-order chi connectivity index (χ1) is 10.3. The number of aryl methyl sites for hydroxylation is 1. The molecule has 2 aromatic rings. The summed E-state index contributed by atoms with van der Waals surface area (Å²) < 4.78 is 34.2. The van der Waals surface area contributed by atoms with E-state index < -0.39 is 10.0 Å². The van der Waals surface area contributed by atoms with Gasteiger partial charge < -0.3 is 9.30 Å². The van der Waals surface area contributed by atoms with E-state index in [2.05, 4.69) is 20.9 Å². The van der Waals surface area contributed by atoms with E-state index in [0.29, 0.717) is 15.3 Å². The molecule has 1 aromatic carbocycles. The van der Waals surface area contributed by atoms with Crippen LogP contribution >= 0.6 is 27.5 Å². The Labute approximate surface area is 142 Å². The van der Waals surface area contributed by atoms with Gasteiger partial charge in [-0.1, -0.05) is 11.6 Å². The van der Waals surface area contributed by atoms with Crippen LogP contribution < -0.4 is 4.74 Å². The largest absolute Gasteiger partial charge is 0.494 e. The minimum absolute atomic E-state index is 0.00563. The van der Waals surface area contributed by atoms with Gasteiger partial charge in [-0.05, 0) is 28.1 Å². The Kier molecular flexibility index (Phi) is 5.16. The van der Waals surface area contributed by atoms with Gasteiger partial charge in [0.25, 0.3) is 0 Å². The van der Waals surface area contributed by atoms with E-state index in [1.165, 1.54) is 24.5 Å². The molecule has 0 saturated carbocycles. The Morgan fingerprint density at radius 3 is 2.68 bits per heavy atom. The number of aromatic nitrogens is 2. The summed E-state index contributed by atoms with van der Waals surface area (Å²) in [4.78, 5) is 4.14. The molecule has 0 unspecified atom stereocenters. The van der Waals surface area contributed by atoms with Crippen molar-refractivity contribution < 1.29 is 13.2 Å². The molecule has 0 N–H and O–H groups in total. The summed E-state index contributed by atoms with van der Waals surface area (Å²) in [5, 5.41) is 0.302. The molecule has 120 valence electrons. The molecule has 0 fully saturated rings. The minimum Gasteiger partial charge on any atom is -0.494 e. The second kappa shape index (κ2) is 6.57. The zero-order valence-electron chi connectivity index (χ0n) is 12.2. The van der Waals surface area contributed by atoms with Crippen LogP contribution in [-0.2, 0) is 23.6 Å². The van der Waals surface area contributed by atoms with Crippen molar-refractivity contribution in [2.24, 2.45) is 7.05 Å². The zero-order chi connectivity index (χ0) is 16.5. The summed E-state index contributed by atoms with van der Waals surface area (Å²) in [5.41, 5.74) is 0. The monoisotopic (exact) mass is 407 g/mol. The number of sulfonamides is 1. The van der Waals surface area contributed by atoms with Crippen LogP contribution in [0.3, 0.4) is 0 Å². The van der Waals surface area contributed by atoms with E-state index in [1.807, 2.05) is 0 Å². The molecule has 0 bridgehead atoms. The van der Waals surface area contributed by atoms with E-state index in [-0.39, 0.29) is 17.2 Å². The SMILES string of the molecule is COc1c(Br)cc(Cl)cc1S(=O)(=O)N(C)Cc1nccn1C. The fraction of sp³-hybridized carbons (Fsp3) is 0.308. The van der Waals surface area contributed by atoms with Crippen LogP contribution in [0.5, 0.6) is 5.75 Å². The summed E-state index contributed by atoms with van der Waals surface area (Å²) >= 11 is 9.24. The molecule has 0 aliphatic heterocycles. The maximum atomic E-state index is 12.8. The van der Waals surface area contributed by atoms with E-state index in [1.54, 1.807) is 30.1 Å². The highest BCUT2D eigenvalue weighted by Gasteiger charge is 2.27. The van der Waals surface area contributed by atoms with Gasteiger partial charge in [-0.2, -0.15) is 4.31 Å². The zero-order valence-corrected chi connectivity index (χ0v) is 15.4. The topological polar surface area (TPSA) is 64.4 Å². The van der Waals surface area contributed by atoms with Crippen molar-refractivity contribution >= 4 is 37.6 Å². The number of nitrogens with zero attached hydrogens (tertiary/aromatic N) is 3. The molecule has 0 aliphatic rings. The minimum atomic E-state index is -3.78. The summed E-state index contributed by atoms with van der Waals surface area (Å²) in [6, 6.07) is 2.95. The number of ether oxygens (including phenoxy) is 1. The van der Waals surface area contributed by atoms with Crippen LogP contribution in [0, 0.1) is 0 Å². The lowest BCUT2D eigenvalue weighted by atomic mass is 10.3. The third kappa shape index (κ3) is 3.29. The fourth-order valence-electron chi connectivity index (χ4n) is 1.93. The Bertz CT molecular complexity index is 792. The van der Waals surface area contributed by atoms with Gasteiger partial charge in [0.1, 0.15) is 10.7 Å². The number of halogens is 2. The Morgan fingerprint density at radius 2 is 2.14 bits per heavy atom. The highest BCUT2D eigenvalue weighted by atomic mass is 79.9. The smallest absolute Gasteiger partial charge is 0.247 e. The van der Waals surface area contributed by atoms with Gasteiger partial charge in [-0.15, -0.1) is 0 Å². The fourth-order valence-corrected chi connectivity index (χ4v) is 4.42. The molecule has 2 rings (SSSR count). The van der Waals surface area contributed by atoms with Gasteiger partial charge in [0, 0.05) is 31.5 Å². The third-order valence-corrected chi connectivity index (χ3v) is 5.77. The van der Waals surface area contributed by atoms with Gasteiger partial charge in [0.05, 0.1) is 18.1 Å². The molecule has 0 atom stereocenters. The van der Waals surface area contributed by atoms with Gasteiger partial charge in [0.2, 0.25) is 10.0 Å². The first-order valence-electron chi connectivity index (χ1n) is 6.23. The van der Waals surface area contributed by atoms with Gasteiger partial charge in [0.15, 0.2) is 5.75 Å². The second-order valence-electron chi connectivity index (χ2n) is 4.63. The van der Waals surface area contributed by atoms with Crippen molar-refractivity contribution in [3.05, 3.63) is 39.8 Å². The number of hydrogen-bond acceptors (Lipinski definition) is 4. The molecular weight excluding hydrogens is 394 g/mol. The molecular formula is C13H15BrClN3O3S. The summed E-state index contributed by atoms with van der Waals surface area (Å²) in [5.74, 6) is 0.849. The van der Waals surface area contributed by atoms with Crippen LogP contribution in [0.1, 0.15) is 5.82 Å².